The number of thiophene rings is 1. The lowest BCUT2D eigenvalue weighted by atomic mass is 9.73. The van der Waals surface area contributed by atoms with Gasteiger partial charge in [-0.25, -0.2) is 0 Å². The fourth-order valence-electron chi connectivity index (χ4n) is 3.91. The molecule has 0 saturated carbocycles. The van der Waals surface area contributed by atoms with E-state index in [9.17, 15) is 14.9 Å². The van der Waals surface area contributed by atoms with Gasteiger partial charge in [0.2, 0.25) is 6.04 Å². The fourth-order valence-corrected chi connectivity index (χ4v) is 4.77. The molecule has 1 heterocycles. The highest BCUT2D eigenvalue weighted by molar-refractivity contribution is 7.10. The van der Waals surface area contributed by atoms with Crippen LogP contribution in [0.15, 0.2) is 59.5 Å². The molecule has 0 unspecified atom stereocenters. The zero-order chi connectivity index (χ0) is 18.7. The monoisotopic (exact) mass is 369 g/mol. The molecule has 5 heteroatoms. The summed E-state index contributed by atoms with van der Waals surface area (Å²) >= 11 is 1.54. The van der Waals surface area contributed by atoms with Crippen molar-refractivity contribution in [3.05, 3.63) is 80.0 Å². The maximum absolute atomic E-state index is 12.1. The topological polar surface area (TPSA) is 60.2 Å². The molecule has 0 N–H and O–H groups in total. The van der Waals surface area contributed by atoms with E-state index in [1.807, 2.05) is 47.8 Å². The van der Waals surface area contributed by atoms with Crippen molar-refractivity contribution in [1.29, 1.82) is 0 Å². The number of hydrogen-bond donors (Lipinski definition) is 0. The van der Waals surface area contributed by atoms with Crippen LogP contribution in [0.3, 0.4) is 0 Å². The average molecular weight is 369 g/mol. The van der Waals surface area contributed by atoms with Gasteiger partial charge in [0.15, 0.2) is 5.78 Å². The molecule has 0 fully saturated rings. The van der Waals surface area contributed by atoms with Gasteiger partial charge in [0, 0.05) is 21.8 Å². The van der Waals surface area contributed by atoms with Gasteiger partial charge in [-0.1, -0.05) is 55.8 Å². The largest absolute Gasteiger partial charge is 0.295 e. The standard InChI is InChI=1S/C21H23NO3S/c1-21(2)13-15(11-17(23)14-21)12-18(19-9-6-10-26-19)20(22(24)25)16-7-4-3-5-8-16/h3-11,18,20H,12-14H2,1-2H3/t18-,20-/m0/s1. The van der Waals surface area contributed by atoms with Crippen LogP contribution in [0, 0.1) is 15.5 Å². The number of carbonyl (C=O) groups is 1. The third kappa shape index (κ3) is 4.28. The number of benzene rings is 1. The van der Waals surface area contributed by atoms with E-state index < -0.39 is 6.04 Å². The van der Waals surface area contributed by atoms with E-state index in [1.165, 1.54) is 0 Å². The smallest absolute Gasteiger partial charge is 0.245 e. The van der Waals surface area contributed by atoms with E-state index in [4.69, 9.17) is 0 Å². The van der Waals surface area contributed by atoms with E-state index in [-0.39, 0.29) is 22.0 Å². The number of rotatable bonds is 6. The molecule has 3 rings (SSSR count). The molecule has 1 aliphatic rings. The second-order valence-corrected chi connectivity index (χ2v) is 8.73. The number of hydrogen-bond acceptors (Lipinski definition) is 4. The predicted octanol–water partition coefficient (Wildman–Crippen LogP) is 5.56. The van der Waals surface area contributed by atoms with Gasteiger partial charge in [-0.2, -0.15) is 0 Å². The van der Waals surface area contributed by atoms with Crippen molar-refractivity contribution in [2.75, 3.05) is 0 Å². The van der Waals surface area contributed by atoms with E-state index in [1.54, 1.807) is 17.4 Å². The summed E-state index contributed by atoms with van der Waals surface area (Å²) in [5, 5.41) is 13.9. The number of allylic oxidation sites excluding steroid dienone is 2. The van der Waals surface area contributed by atoms with Gasteiger partial charge in [0.1, 0.15) is 0 Å². The highest BCUT2D eigenvalue weighted by Gasteiger charge is 2.37. The molecule has 0 aliphatic heterocycles. The lowest BCUT2D eigenvalue weighted by Gasteiger charge is -2.31. The van der Waals surface area contributed by atoms with Gasteiger partial charge in [0.05, 0.1) is 5.92 Å². The maximum atomic E-state index is 12.1. The van der Waals surface area contributed by atoms with E-state index in [2.05, 4.69) is 13.8 Å². The normalized spacial score (nSPS) is 18.8. The van der Waals surface area contributed by atoms with Crippen molar-refractivity contribution in [2.45, 2.75) is 45.1 Å². The summed E-state index contributed by atoms with van der Waals surface area (Å²) in [5.41, 5.74) is 1.64. The Morgan fingerprint density at radius 2 is 1.88 bits per heavy atom. The van der Waals surface area contributed by atoms with Crippen molar-refractivity contribution in [3.63, 3.8) is 0 Å². The van der Waals surface area contributed by atoms with Crippen LogP contribution in [0.2, 0.25) is 0 Å². The highest BCUT2D eigenvalue weighted by Crippen LogP contribution is 2.44. The molecular weight excluding hydrogens is 346 g/mol. The van der Waals surface area contributed by atoms with Crippen molar-refractivity contribution in [2.24, 2.45) is 5.41 Å². The Hall–Kier alpha value is -2.27. The van der Waals surface area contributed by atoms with Gasteiger partial charge in [-0.15, -0.1) is 11.3 Å². The molecule has 2 aromatic rings. The Morgan fingerprint density at radius 3 is 2.46 bits per heavy atom. The molecule has 0 bridgehead atoms. The molecule has 1 aromatic carbocycles. The van der Waals surface area contributed by atoms with Crippen molar-refractivity contribution in [3.8, 4) is 0 Å². The third-order valence-electron chi connectivity index (χ3n) is 4.86. The van der Waals surface area contributed by atoms with E-state index in [0.717, 1.165) is 16.9 Å². The minimum absolute atomic E-state index is 0.0853. The molecule has 1 aromatic heterocycles. The van der Waals surface area contributed by atoms with E-state index in [0.29, 0.717) is 18.4 Å². The van der Waals surface area contributed by atoms with E-state index >= 15 is 0 Å². The third-order valence-corrected chi connectivity index (χ3v) is 5.87. The first-order valence-corrected chi connectivity index (χ1v) is 9.68. The summed E-state index contributed by atoms with van der Waals surface area (Å²) in [5.74, 6) is -0.154. The minimum atomic E-state index is -0.823. The molecule has 0 amide bonds. The van der Waals surface area contributed by atoms with Crippen LogP contribution in [0.4, 0.5) is 0 Å². The Morgan fingerprint density at radius 1 is 1.15 bits per heavy atom. The molecule has 136 valence electrons. The SMILES string of the molecule is CC1(C)CC(=O)C=C(C[C@@H](c2cccs2)[C@H](c2ccccc2)[N+](=O)[O-])C1. The summed E-state index contributed by atoms with van der Waals surface area (Å²) in [6, 6.07) is 12.2. The number of nitrogens with zero attached hydrogens (tertiary/aromatic N) is 1. The van der Waals surface area contributed by atoms with Crippen LogP contribution in [-0.4, -0.2) is 10.7 Å². The molecule has 0 radical (unpaired) electrons. The summed E-state index contributed by atoms with van der Waals surface area (Å²) < 4.78 is 0. The Balaban J connectivity index is 1.98. The molecular formula is C21H23NO3S. The molecule has 4 nitrogen and oxygen atoms in total. The van der Waals surface area contributed by atoms with Crippen molar-refractivity contribution >= 4 is 17.1 Å². The van der Waals surface area contributed by atoms with Crippen LogP contribution in [0.5, 0.6) is 0 Å². The zero-order valence-corrected chi connectivity index (χ0v) is 15.9. The number of carbonyl (C=O) groups excluding carboxylic acids is 1. The highest BCUT2D eigenvalue weighted by atomic mass is 32.1. The van der Waals surface area contributed by atoms with Gasteiger partial charge >= 0.3 is 0 Å². The van der Waals surface area contributed by atoms with Crippen LogP contribution >= 0.6 is 11.3 Å². The first kappa shape index (κ1) is 18.5. The summed E-state index contributed by atoms with van der Waals surface area (Å²) in [6.07, 6.45) is 3.60. The van der Waals surface area contributed by atoms with Crippen LogP contribution in [0.1, 0.15) is 55.5 Å². The summed E-state index contributed by atoms with van der Waals surface area (Å²) in [4.78, 5) is 24.9. The van der Waals surface area contributed by atoms with Gasteiger partial charge < -0.3 is 0 Å². The fraction of sp³-hybridized carbons (Fsp3) is 0.381. The van der Waals surface area contributed by atoms with Crippen molar-refractivity contribution < 1.29 is 9.72 Å². The Labute approximate surface area is 157 Å². The van der Waals surface area contributed by atoms with Crippen LogP contribution in [0.25, 0.3) is 0 Å². The quantitative estimate of drug-likeness (QED) is 0.495. The predicted molar refractivity (Wildman–Crippen MR) is 104 cm³/mol. The second-order valence-electron chi connectivity index (χ2n) is 7.75. The zero-order valence-electron chi connectivity index (χ0n) is 15.1. The number of nitro groups is 1. The minimum Gasteiger partial charge on any atom is -0.295 e. The Bertz CT molecular complexity index is 809. The van der Waals surface area contributed by atoms with Gasteiger partial charge in [-0.05, 0) is 35.8 Å². The lowest BCUT2D eigenvalue weighted by molar-refractivity contribution is -0.533. The van der Waals surface area contributed by atoms with Gasteiger partial charge in [-0.3, -0.25) is 14.9 Å². The summed E-state index contributed by atoms with van der Waals surface area (Å²) in [7, 11) is 0. The lowest BCUT2D eigenvalue weighted by Crippen LogP contribution is -2.25. The molecule has 1 aliphatic carbocycles. The van der Waals surface area contributed by atoms with Crippen molar-refractivity contribution in [1.82, 2.24) is 0 Å². The van der Waals surface area contributed by atoms with Crippen LogP contribution < -0.4 is 0 Å². The molecule has 0 saturated heterocycles. The summed E-state index contributed by atoms with van der Waals surface area (Å²) in [6.45, 7) is 4.17. The number of ketones is 1. The first-order chi connectivity index (χ1) is 12.4. The molecule has 0 spiro atoms. The van der Waals surface area contributed by atoms with Gasteiger partial charge in [0.25, 0.3) is 0 Å². The molecule has 26 heavy (non-hydrogen) atoms. The second kappa shape index (κ2) is 7.54. The van der Waals surface area contributed by atoms with Crippen LogP contribution in [-0.2, 0) is 4.79 Å². The maximum Gasteiger partial charge on any atom is 0.245 e. The first-order valence-electron chi connectivity index (χ1n) is 8.80. The molecule has 2 atom stereocenters. The average Bonchev–Trinajstić information content (AvgIpc) is 3.07. The Kier molecular flexibility index (Phi) is 5.37.